The van der Waals surface area contributed by atoms with Gasteiger partial charge >= 0.3 is 0 Å². The number of sulfonamides is 1. The fraction of sp³-hybridized carbons (Fsp3) is 0.650. The molecule has 0 aromatic heterocycles. The molecule has 1 unspecified atom stereocenters. The van der Waals surface area contributed by atoms with Crippen LogP contribution in [-0.2, 0) is 19.6 Å². The van der Waals surface area contributed by atoms with E-state index in [9.17, 15) is 13.2 Å². The lowest BCUT2D eigenvalue weighted by Crippen LogP contribution is -2.43. The van der Waals surface area contributed by atoms with Crippen molar-refractivity contribution in [3.63, 3.8) is 0 Å². The molecule has 0 radical (unpaired) electrons. The summed E-state index contributed by atoms with van der Waals surface area (Å²) in [5, 5.41) is 0. The van der Waals surface area contributed by atoms with E-state index in [0.29, 0.717) is 31.8 Å². The maximum Gasteiger partial charge on any atom is 0.243 e. The highest BCUT2D eigenvalue weighted by atomic mass is 32.2. The van der Waals surface area contributed by atoms with Crippen molar-refractivity contribution in [2.75, 3.05) is 66.1 Å². The summed E-state index contributed by atoms with van der Waals surface area (Å²) in [6.07, 6.45) is 1.31. The lowest BCUT2D eigenvalue weighted by Gasteiger charge is -2.29. The van der Waals surface area contributed by atoms with Crippen LogP contribution in [0.2, 0.25) is 0 Å². The van der Waals surface area contributed by atoms with Gasteiger partial charge in [0.15, 0.2) is 0 Å². The Balaban J connectivity index is 1.41. The average molecular weight is 424 g/mol. The second kappa shape index (κ2) is 8.22. The average Bonchev–Trinajstić information content (AvgIpc) is 3.33. The molecule has 3 heterocycles. The predicted molar refractivity (Wildman–Crippen MR) is 107 cm³/mol. The first-order chi connectivity index (χ1) is 13.9. The number of carbonyl (C=O) groups excluding carboxylic acids is 1. The molecule has 4 rings (SSSR count). The Morgan fingerprint density at radius 3 is 2.62 bits per heavy atom. The first kappa shape index (κ1) is 20.6. The Bertz CT molecular complexity index is 855. The summed E-state index contributed by atoms with van der Waals surface area (Å²) >= 11 is 0. The van der Waals surface area contributed by atoms with Crippen molar-refractivity contribution >= 4 is 15.9 Å². The molecule has 160 valence electrons. The van der Waals surface area contributed by atoms with Crippen LogP contribution < -0.4 is 4.74 Å². The van der Waals surface area contributed by atoms with Gasteiger partial charge in [-0.2, -0.15) is 4.31 Å². The largest absolute Gasteiger partial charge is 0.497 e. The second-order valence-corrected chi connectivity index (χ2v) is 9.98. The maximum absolute atomic E-state index is 13.2. The van der Waals surface area contributed by atoms with Gasteiger partial charge in [-0.05, 0) is 25.0 Å². The van der Waals surface area contributed by atoms with Crippen molar-refractivity contribution in [2.24, 2.45) is 5.41 Å². The Morgan fingerprint density at radius 1 is 1.10 bits per heavy atom. The molecule has 1 spiro atoms. The van der Waals surface area contributed by atoms with Crippen LogP contribution in [0.25, 0.3) is 0 Å². The molecule has 3 saturated heterocycles. The van der Waals surface area contributed by atoms with E-state index < -0.39 is 15.4 Å². The Hall–Kier alpha value is -1.68. The van der Waals surface area contributed by atoms with E-state index in [1.54, 1.807) is 18.2 Å². The van der Waals surface area contributed by atoms with Crippen molar-refractivity contribution < 1.29 is 22.7 Å². The molecule has 1 amide bonds. The maximum atomic E-state index is 13.2. The van der Waals surface area contributed by atoms with Crippen molar-refractivity contribution in [3.8, 4) is 5.75 Å². The van der Waals surface area contributed by atoms with Gasteiger partial charge in [0.1, 0.15) is 5.75 Å². The number of hydrogen-bond donors (Lipinski definition) is 0. The third kappa shape index (κ3) is 4.01. The topological polar surface area (TPSA) is 79.4 Å². The minimum atomic E-state index is -3.64. The molecule has 3 aliphatic rings. The highest BCUT2D eigenvalue weighted by Gasteiger charge is 2.52. The highest BCUT2D eigenvalue weighted by molar-refractivity contribution is 7.89. The molecule has 0 saturated carbocycles. The van der Waals surface area contributed by atoms with Gasteiger partial charge in [-0.25, -0.2) is 8.42 Å². The van der Waals surface area contributed by atoms with Crippen LogP contribution in [0.1, 0.15) is 12.8 Å². The molecule has 0 N–H and O–H groups in total. The number of hydrogen-bond acceptors (Lipinski definition) is 6. The summed E-state index contributed by atoms with van der Waals surface area (Å²) < 4.78 is 38.2. The highest BCUT2D eigenvalue weighted by Crippen LogP contribution is 2.42. The molecule has 29 heavy (non-hydrogen) atoms. The molecule has 3 fully saturated rings. The number of morpholine rings is 1. The van der Waals surface area contributed by atoms with E-state index in [1.807, 2.05) is 4.90 Å². The third-order valence-electron chi connectivity index (χ3n) is 6.39. The standard InChI is InChI=1S/C20H29N3O5S/c1-27-17-3-2-4-18(15-17)29(25,26)23-8-6-20(16-23)5-7-22(19(20)24)10-9-21-11-13-28-14-12-21/h2-4,15H,5-14,16H2,1H3. The van der Waals surface area contributed by atoms with Crippen LogP contribution in [0, 0.1) is 5.41 Å². The van der Waals surface area contributed by atoms with Gasteiger partial charge in [-0.3, -0.25) is 9.69 Å². The smallest absolute Gasteiger partial charge is 0.243 e. The minimum absolute atomic E-state index is 0.106. The third-order valence-corrected chi connectivity index (χ3v) is 8.23. The molecular formula is C20H29N3O5S. The molecule has 1 atom stereocenters. The van der Waals surface area contributed by atoms with Gasteiger partial charge in [0, 0.05) is 51.9 Å². The number of ether oxygens (including phenoxy) is 2. The Kier molecular flexibility index (Phi) is 5.83. The molecule has 1 aromatic carbocycles. The SMILES string of the molecule is COc1cccc(S(=O)(=O)N2CCC3(CCN(CCN4CCOCC4)C3=O)C2)c1. The number of methoxy groups -OCH3 is 1. The van der Waals surface area contributed by atoms with Crippen molar-refractivity contribution in [2.45, 2.75) is 17.7 Å². The zero-order valence-corrected chi connectivity index (χ0v) is 17.7. The van der Waals surface area contributed by atoms with Crippen molar-refractivity contribution in [1.82, 2.24) is 14.1 Å². The van der Waals surface area contributed by atoms with Gasteiger partial charge in [0.05, 0.1) is 30.6 Å². The summed E-state index contributed by atoms with van der Waals surface area (Å²) in [5.74, 6) is 0.611. The molecule has 0 aliphatic carbocycles. The summed E-state index contributed by atoms with van der Waals surface area (Å²) in [5.41, 5.74) is -0.572. The number of benzene rings is 1. The van der Waals surface area contributed by atoms with Crippen molar-refractivity contribution in [1.29, 1.82) is 0 Å². The van der Waals surface area contributed by atoms with Crippen LogP contribution in [0.3, 0.4) is 0 Å². The van der Waals surface area contributed by atoms with Crippen LogP contribution in [0.5, 0.6) is 5.75 Å². The lowest BCUT2D eigenvalue weighted by molar-refractivity contribution is -0.135. The van der Waals surface area contributed by atoms with E-state index >= 15 is 0 Å². The zero-order chi connectivity index (χ0) is 20.5. The summed E-state index contributed by atoms with van der Waals surface area (Å²) in [7, 11) is -2.13. The van der Waals surface area contributed by atoms with Gasteiger partial charge in [0.25, 0.3) is 0 Å². The molecule has 0 bridgehead atoms. The van der Waals surface area contributed by atoms with Crippen molar-refractivity contribution in [3.05, 3.63) is 24.3 Å². The summed E-state index contributed by atoms with van der Waals surface area (Å²) in [4.78, 5) is 17.6. The number of rotatable bonds is 6. The number of carbonyl (C=O) groups is 1. The first-order valence-electron chi connectivity index (χ1n) is 10.2. The van der Waals surface area contributed by atoms with Crippen LogP contribution >= 0.6 is 0 Å². The summed E-state index contributed by atoms with van der Waals surface area (Å²) in [6, 6.07) is 6.50. The number of amides is 1. The van der Waals surface area contributed by atoms with E-state index in [2.05, 4.69) is 4.90 Å². The number of nitrogens with zero attached hydrogens (tertiary/aromatic N) is 3. The quantitative estimate of drug-likeness (QED) is 0.668. The molecule has 1 aromatic rings. The fourth-order valence-corrected chi connectivity index (χ4v) is 6.08. The summed E-state index contributed by atoms with van der Waals surface area (Å²) in [6.45, 7) is 6.18. The number of likely N-dealkylation sites (tertiary alicyclic amines) is 1. The van der Waals surface area contributed by atoms with Crippen LogP contribution in [0.4, 0.5) is 0 Å². The normalized spacial score (nSPS) is 26.5. The zero-order valence-electron chi connectivity index (χ0n) is 16.9. The van der Waals surface area contributed by atoms with Crippen LogP contribution in [0.15, 0.2) is 29.2 Å². The van der Waals surface area contributed by atoms with Gasteiger partial charge in [-0.15, -0.1) is 0 Å². The Labute approximate surface area is 172 Å². The predicted octanol–water partition coefficient (Wildman–Crippen LogP) is 0.641. The molecule has 3 aliphatic heterocycles. The van der Waals surface area contributed by atoms with E-state index in [1.165, 1.54) is 17.5 Å². The second-order valence-electron chi connectivity index (χ2n) is 8.04. The molecule has 8 nitrogen and oxygen atoms in total. The fourth-order valence-electron chi connectivity index (χ4n) is 4.52. The van der Waals surface area contributed by atoms with Gasteiger partial charge in [-0.1, -0.05) is 6.07 Å². The lowest BCUT2D eigenvalue weighted by atomic mass is 9.86. The minimum Gasteiger partial charge on any atom is -0.497 e. The monoisotopic (exact) mass is 423 g/mol. The van der Waals surface area contributed by atoms with E-state index in [4.69, 9.17) is 9.47 Å². The van der Waals surface area contributed by atoms with E-state index in [0.717, 1.165) is 39.3 Å². The first-order valence-corrected chi connectivity index (χ1v) is 11.6. The van der Waals surface area contributed by atoms with Gasteiger partial charge < -0.3 is 14.4 Å². The molecule has 9 heteroatoms. The van der Waals surface area contributed by atoms with E-state index in [-0.39, 0.29) is 17.3 Å². The van der Waals surface area contributed by atoms with Crippen LogP contribution in [-0.4, -0.2) is 94.6 Å². The van der Waals surface area contributed by atoms with Gasteiger partial charge in [0.2, 0.25) is 15.9 Å². The molecular weight excluding hydrogens is 394 g/mol. The Morgan fingerprint density at radius 2 is 1.86 bits per heavy atom.